The summed E-state index contributed by atoms with van der Waals surface area (Å²) in [6.45, 7) is 0.360. The third kappa shape index (κ3) is 2.30. The number of carbonyl (C=O) groups is 2. The fourth-order valence-electron chi connectivity index (χ4n) is 2.06. The van der Waals surface area contributed by atoms with Gasteiger partial charge in [-0.1, -0.05) is 6.07 Å². The van der Waals surface area contributed by atoms with E-state index in [1.807, 2.05) is 18.2 Å². The van der Waals surface area contributed by atoms with Gasteiger partial charge in [0, 0.05) is 24.7 Å². The van der Waals surface area contributed by atoms with Crippen LogP contribution in [0.3, 0.4) is 0 Å². The molecule has 1 saturated heterocycles. The number of benzene rings is 1. The summed E-state index contributed by atoms with van der Waals surface area (Å²) in [5.41, 5.74) is 0.741. The van der Waals surface area contributed by atoms with Crippen molar-refractivity contribution >= 4 is 17.6 Å². The van der Waals surface area contributed by atoms with E-state index in [4.69, 9.17) is 4.74 Å². The van der Waals surface area contributed by atoms with Crippen LogP contribution in [0.5, 0.6) is 5.75 Å². The molecule has 96 valence electrons. The smallest absolute Gasteiger partial charge is 0.311 e. The van der Waals surface area contributed by atoms with Gasteiger partial charge in [0.05, 0.1) is 20.1 Å². The summed E-state index contributed by atoms with van der Waals surface area (Å²) in [5.74, 6) is -0.108. The van der Waals surface area contributed by atoms with Crippen molar-refractivity contribution in [3.63, 3.8) is 0 Å². The molecule has 0 bridgehead atoms. The van der Waals surface area contributed by atoms with Crippen LogP contribution < -0.4 is 9.64 Å². The monoisotopic (exact) mass is 249 g/mol. The summed E-state index contributed by atoms with van der Waals surface area (Å²) in [6.07, 6.45) is 0.198. The number of carbonyl (C=O) groups excluding carboxylic acids is 2. The van der Waals surface area contributed by atoms with Crippen LogP contribution in [0.1, 0.15) is 6.42 Å². The van der Waals surface area contributed by atoms with Gasteiger partial charge in [-0.3, -0.25) is 9.59 Å². The summed E-state index contributed by atoms with van der Waals surface area (Å²) in [7, 11) is 2.91. The number of amides is 1. The van der Waals surface area contributed by atoms with E-state index in [2.05, 4.69) is 4.74 Å². The molecule has 1 aromatic carbocycles. The molecule has 1 heterocycles. The molecule has 0 N–H and O–H groups in total. The summed E-state index contributed by atoms with van der Waals surface area (Å²) < 4.78 is 9.78. The second-order valence-corrected chi connectivity index (χ2v) is 4.13. The maximum absolute atomic E-state index is 11.9. The molecular formula is C13H15NO4. The molecule has 0 saturated carbocycles. The fraction of sp³-hybridized carbons (Fsp3) is 0.385. The lowest BCUT2D eigenvalue weighted by molar-refractivity contribution is -0.145. The van der Waals surface area contributed by atoms with Gasteiger partial charge in [-0.15, -0.1) is 0 Å². The Labute approximate surface area is 105 Å². The van der Waals surface area contributed by atoms with Gasteiger partial charge in [-0.05, 0) is 12.1 Å². The van der Waals surface area contributed by atoms with Crippen molar-refractivity contribution in [1.29, 1.82) is 0 Å². The maximum Gasteiger partial charge on any atom is 0.311 e. The first kappa shape index (κ1) is 12.4. The Balaban J connectivity index is 2.18. The lowest BCUT2D eigenvalue weighted by atomic mass is 10.1. The van der Waals surface area contributed by atoms with Crippen LogP contribution in [-0.2, 0) is 14.3 Å². The minimum atomic E-state index is -0.381. The molecule has 1 fully saturated rings. The molecule has 18 heavy (non-hydrogen) atoms. The average molecular weight is 249 g/mol. The molecule has 0 spiro atoms. The van der Waals surface area contributed by atoms with E-state index >= 15 is 0 Å². The normalized spacial score (nSPS) is 18.9. The number of rotatable bonds is 3. The molecule has 5 heteroatoms. The number of ether oxygens (including phenoxy) is 2. The van der Waals surface area contributed by atoms with Gasteiger partial charge in [-0.2, -0.15) is 0 Å². The average Bonchev–Trinajstić information content (AvgIpc) is 2.80. The van der Waals surface area contributed by atoms with Crippen LogP contribution in [0.2, 0.25) is 0 Å². The van der Waals surface area contributed by atoms with Crippen LogP contribution >= 0.6 is 0 Å². The van der Waals surface area contributed by atoms with Crippen molar-refractivity contribution in [2.45, 2.75) is 6.42 Å². The number of anilines is 1. The second-order valence-electron chi connectivity index (χ2n) is 4.13. The zero-order chi connectivity index (χ0) is 13.1. The highest BCUT2D eigenvalue weighted by Gasteiger charge is 2.35. The molecular weight excluding hydrogens is 234 g/mol. The van der Waals surface area contributed by atoms with Crippen molar-refractivity contribution in [3.8, 4) is 5.75 Å². The summed E-state index contributed by atoms with van der Waals surface area (Å²) in [4.78, 5) is 24.9. The Morgan fingerprint density at radius 1 is 1.39 bits per heavy atom. The lowest BCUT2D eigenvalue weighted by Gasteiger charge is -2.17. The van der Waals surface area contributed by atoms with Gasteiger partial charge in [0.2, 0.25) is 5.91 Å². The van der Waals surface area contributed by atoms with E-state index in [1.165, 1.54) is 7.11 Å². The number of esters is 1. The molecule has 0 aliphatic carbocycles. The van der Waals surface area contributed by atoms with E-state index in [9.17, 15) is 9.59 Å². The topological polar surface area (TPSA) is 55.8 Å². The molecule has 0 aromatic heterocycles. The van der Waals surface area contributed by atoms with Crippen LogP contribution in [0.4, 0.5) is 5.69 Å². The summed E-state index contributed by atoms with van der Waals surface area (Å²) in [5, 5.41) is 0. The molecule has 5 nitrogen and oxygen atoms in total. The minimum absolute atomic E-state index is 0.0707. The molecule has 0 radical (unpaired) electrons. The van der Waals surface area contributed by atoms with Crippen molar-refractivity contribution in [2.24, 2.45) is 5.92 Å². The number of hydrogen-bond acceptors (Lipinski definition) is 4. The summed E-state index contributed by atoms with van der Waals surface area (Å²) in [6, 6.07) is 7.21. The highest BCUT2D eigenvalue weighted by molar-refractivity contribution is 5.99. The lowest BCUT2D eigenvalue weighted by Crippen LogP contribution is -2.26. The zero-order valence-electron chi connectivity index (χ0n) is 10.4. The van der Waals surface area contributed by atoms with Gasteiger partial charge in [0.25, 0.3) is 0 Å². The van der Waals surface area contributed by atoms with Crippen LogP contribution in [0.15, 0.2) is 24.3 Å². The van der Waals surface area contributed by atoms with Crippen molar-refractivity contribution in [3.05, 3.63) is 24.3 Å². The van der Waals surface area contributed by atoms with Crippen molar-refractivity contribution < 1.29 is 19.1 Å². The quantitative estimate of drug-likeness (QED) is 0.756. The minimum Gasteiger partial charge on any atom is -0.497 e. The summed E-state index contributed by atoms with van der Waals surface area (Å²) >= 11 is 0. The fourth-order valence-corrected chi connectivity index (χ4v) is 2.06. The van der Waals surface area contributed by atoms with E-state index in [-0.39, 0.29) is 24.2 Å². The van der Waals surface area contributed by atoms with E-state index in [0.29, 0.717) is 12.3 Å². The van der Waals surface area contributed by atoms with E-state index in [1.54, 1.807) is 18.1 Å². The first-order chi connectivity index (χ1) is 8.65. The largest absolute Gasteiger partial charge is 0.497 e. The number of nitrogens with zero attached hydrogens (tertiary/aromatic N) is 1. The van der Waals surface area contributed by atoms with Gasteiger partial charge in [0.15, 0.2) is 0 Å². The molecule has 1 aromatic rings. The van der Waals surface area contributed by atoms with Crippen molar-refractivity contribution in [1.82, 2.24) is 0 Å². The Bertz CT molecular complexity index is 472. The van der Waals surface area contributed by atoms with Gasteiger partial charge < -0.3 is 14.4 Å². The van der Waals surface area contributed by atoms with E-state index in [0.717, 1.165) is 5.69 Å². The Hall–Kier alpha value is -2.04. The van der Waals surface area contributed by atoms with Gasteiger partial charge in [0.1, 0.15) is 5.75 Å². The Morgan fingerprint density at radius 2 is 2.17 bits per heavy atom. The molecule has 1 unspecified atom stereocenters. The number of hydrogen-bond donors (Lipinski definition) is 0. The Morgan fingerprint density at radius 3 is 2.83 bits per heavy atom. The molecule has 1 amide bonds. The predicted molar refractivity (Wildman–Crippen MR) is 65.5 cm³/mol. The second kappa shape index (κ2) is 5.08. The van der Waals surface area contributed by atoms with Crippen LogP contribution in [-0.4, -0.2) is 32.6 Å². The standard InChI is InChI=1S/C13H15NO4/c1-17-11-5-3-4-10(7-11)14-8-9(6-12(14)15)13(16)18-2/h3-5,7,9H,6,8H2,1-2H3. The Kier molecular flexibility index (Phi) is 3.50. The molecule has 1 aliphatic heterocycles. The first-order valence-electron chi connectivity index (χ1n) is 5.68. The first-order valence-corrected chi connectivity index (χ1v) is 5.68. The molecule has 1 atom stereocenters. The SMILES string of the molecule is COC(=O)C1CC(=O)N(c2cccc(OC)c2)C1. The van der Waals surface area contributed by atoms with E-state index < -0.39 is 0 Å². The maximum atomic E-state index is 11.9. The molecule has 1 aliphatic rings. The third-order valence-corrected chi connectivity index (χ3v) is 3.02. The predicted octanol–water partition coefficient (Wildman–Crippen LogP) is 1.22. The van der Waals surface area contributed by atoms with Gasteiger partial charge in [-0.25, -0.2) is 0 Å². The highest BCUT2D eigenvalue weighted by Crippen LogP contribution is 2.28. The number of methoxy groups -OCH3 is 2. The molecule has 2 rings (SSSR count). The zero-order valence-corrected chi connectivity index (χ0v) is 10.4. The van der Waals surface area contributed by atoms with Gasteiger partial charge >= 0.3 is 5.97 Å². The highest BCUT2D eigenvalue weighted by atomic mass is 16.5. The third-order valence-electron chi connectivity index (χ3n) is 3.02. The van der Waals surface area contributed by atoms with Crippen LogP contribution in [0.25, 0.3) is 0 Å². The van der Waals surface area contributed by atoms with Crippen molar-refractivity contribution in [2.75, 3.05) is 25.7 Å². The van der Waals surface area contributed by atoms with Crippen LogP contribution in [0, 0.1) is 5.92 Å².